The monoisotopic (exact) mass is 309 g/mol. The van der Waals surface area contributed by atoms with Crippen molar-refractivity contribution in [3.05, 3.63) is 53.2 Å². The summed E-state index contributed by atoms with van der Waals surface area (Å²) in [5.74, 6) is 0.696. The second-order valence-electron chi connectivity index (χ2n) is 7.39. The molecule has 1 heterocycles. The minimum absolute atomic E-state index is 0.233. The Labute approximate surface area is 142 Å². The Hall–Kier alpha value is -1.63. The van der Waals surface area contributed by atoms with Crippen molar-refractivity contribution in [2.24, 2.45) is 5.92 Å². The maximum atomic E-state index is 4.90. The first-order valence-corrected chi connectivity index (χ1v) is 8.97. The van der Waals surface area contributed by atoms with Crippen LogP contribution in [-0.4, -0.2) is 4.98 Å². The van der Waals surface area contributed by atoms with E-state index in [1.165, 1.54) is 22.4 Å². The van der Waals surface area contributed by atoms with E-state index in [0.717, 1.165) is 25.0 Å². The lowest BCUT2D eigenvalue weighted by molar-refractivity contribution is 0.435. The zero-order valence-corrected chi connectivity index (χ0v) is 15.6. The van der Waals surface area contributed by atoms with Crippen molar-refractivity contribution in [2.75, 3.05) is 0 Å². The molecule has 0 amide bonds. The minimum atomic E-state index is 0.233. The molecule has 0 aliphatic rings. The fourth-order valence-corrected chi connectivity index (χ4v) is 3.27. The van der Waals surface area contributed by atoms with E-state index < -0.39 is 0 Å². The number of benzene rings is 1. The summed E-state index contributed by atoms with van der Waals surface area (Å²) in [5.41, 5.74) is 6.49. The molecule has 0 saturated heterocycles. The molecule has 0 atom stereocenters. The molecule has 0 aliphatic heterocycles. The van der Waals surface area contributed by atoms with Crippen molar-refractivity contribution in [1.82, 2.24) is 4.98 Å². The van der Waals surface area contributed by atoms with Gasteiger partial charge in [-0.25, -0.2) is 0 Å². The molecule has 0 fully saturated rings. The largest absolute Gasteiger partial charge is 0.253 e. The number of hydrogen-bond donors (Lipinski definition) is 0. The van der Waals surface area contributed by atoms with Crippen LogP contribution in [0.5, 0.6) is 0 Å². The highest BCUT2D eigenvalue weighted by Gasteiger charge is 2.24. The number of pyridine rings is 1. The summed E-state index contributed by atoms with van der Waals surface area (Å²) in [6, 6.07) is 13.4. The zero-order chi connectivity index (χ0) is 17.0. The first kappa shape index (κ1) is 17.7. The van der Waals surface area contributed by atoms with Gasteiger partial charge in [-0.2, -0.15) is 0 Å². The first-order valence-electron chi connectivity index (χ1n) is 8.97. The van der Waals surface area contributed by atoms with E-state index >= 15 is 0 Å². The summed E-state index contributed by atoms with van der Waals surface area (Å²) in [6.07, 6.45) is 3.43. The Morgan fingerprint density at radius 1 is 0.957 bits per heavy atom. The predicted octanol–water partition coefficient (Wildman–Crippen LogP) is 6.33. The van der Waals surface area contributed by atoms with Gasteiger partial charge in [0, 0.05) is 11.3 Å². The molecular weight excluding hydrogens is 278 g/mol. The van der Waals surface area contributed by atoms with Gasteiger partial charge in [-0.05, 0) is 54.7 Å². The molecule has 0 N–H and O–H groups in total. The SMILES string of the molecule is CCC(C)(CC)c1ccc(-c2ccc(CC(C)C)cc2)nc1C. The number of nitrogens with zero attached hydrogens (tertiary/aromatic N) is 1. The lowest BCUT2D eigenvalue weighted by atomic mass is 9.77. The quantitative estimate of drug-likeness (QED) is 0.607. The topological polar surface area (TPSA) is 12.9 Å². The van der Waals surface area contributed by atoms with Crippen LogP contribution in [0, 0.1) is 12.8 Å². The van der Waals surface area contributed by atoms with E-state index in [9.17, 15) is 0 Å². The summed E-state index contributed by atoms with van der Waals surface area (Å²) >= 11 is 0. The van der Waals surface area contributed by atoms with Crippen LogP contribution in [0.2, 0.25) is 0 Å². The molecule has 2 rings (SSSR count). The van der Waals surface area contributed by atoms with E-state index in [2.05, 4.69) is 77.9 Å². The van der Waals surface area contributed by atoms with Crippen LogP contribution in [0.1, 0.15) is 64.3 Å². The summed E-state index contributed by atoms with van der Waals surface area (Å²) in [6.45, 7) is 13.5. The van der Waals surface area contributed by atoms with Crippen LogP contribution in [0.3, 0.4) is 0 Å². The fraction of sp³-hybridized carbons (Fsp3) is 0.500. The Bertz CT molecular complexity index is 634. The maximum Gasteiger partial charge on any atom is 0.0705 e. The number of rotatable bonds is 6. The number of aryl methyl sites for hydroxylation is 1. The molecule has 1 nitrogen and oxygen atoms in total. The van der Waals surface area contributed by atoms with Crippen LogP contribution in [0.15, 0.2) is 36.4 Å². The molecule has 0 aliphatic carbocycles. The molecule has 0 spiro atoms. The Kier molecular flexibility index (Phi) is 5.62. The summed E-state index contributed by atoms with van der Waals surface area (Å²) in [5, 5.41) is 0. The zero-order valence-electron chi connectivity index (χ0n) is 15.6. The third kappa shape index (κ3) is 4.02. The predicted molar refractivity (Wildman–Crippen MR) is 101 cm³/mol. The van der Waals surface area contributed by atoms with E-state index in [1.54, 1.807) is 0 Å². The van der Waals surface area contributed by atoms with Gasteiger partial charge in [-0.3, -0.25) is 4.98 Å². The molecule has 23 heavy (non-hydrogen) atoms. The molecule has 2 aromatic rings. The van der Waals surface area contributed by atoms with Gasteiger partial charge in [0.05, 0.1) is 5.69 Å². The molecule has 0 bridgehead atoms. The van der Waals surface area contributed by atoms with Crippen LogP contribution < -0.4 is 0 Å². The van der Waals surface area contributed by atoms with Gasteiger partial charge in [0.2, 0.25) is 0 Å². The van der Waals surface area contributed by atoms with Gasteiger partial charge in [-0.1, -0.05) is 65.0 Å². The minimum Gasteiger partial charge on any atom is -0.253 e. The second-order valence-corrected chi connectivity index (χ2v) is 7.39. The highest BCUT2D eigenvalue weighted by atomic mass is 14.7. The number of aromatic nitrogens is 1. The lowest BCUT2D eigenvalue weighted by Crippen LogP contribution is -2.21. The molecule has 0 unspecified atom stereocenters. The van der Waals surface area contributed by atoms with Gasteiger partial charge in [0.1, 0.15) is 0 Å². The normalized spacial score (nSPS) is 12.0. The van der Waals surface area contributed by atoms with Crippen molar-refractivity contribution in [3.63, 3.8) is 0 Å². The molecule has 0 saturated carbocycles. The second kappa shape index (κ2) is 7.29. The smallest absolute Gasteiger partial charge is 0.0705 e. The number of hydrogen-bond acceptors (Lipinski definition) is 1. The first-order chi connectivity index (χ1) is 10.9. The Morgan fingerprint density at radius 3 is 2.04 bits per heavy atom. The maximum absolute atomic E-state index is 4.90. The molecule has 1 heteroatoms. The van der Waals surface area contributed by atoms with Gasteiger partial charge < -0.3 is 0 Å². The fourth-order valence-electron chi connectivity index (χ4n) is 3.27. The van der Waals surface area contributed by atoms with Gasteiger partial charge in [0.15, 0.2) is 0 Å². The van der Waals surface area contributed by atoms with Crippen molar-refractivity contribution in [3.8, 4) is 11.3 Å². The van der Waals surface area contributed by atoms with Gasteiger partial charge >= 0.3 is 0 Å². The third-order valence-corrected chi connectivity index (χ3v) is 5.19. The Balaban J connectivity index is 2.30. The highest BCUT2D eigenvalue weighted by Crippen LogP contribution is 2.33. The molecular formula is C22H31N. The van der Waals surface area contributed by atoms with Crippen LogP contribution in [0.25, 0.3) is 11.3 Å². The van der Waals surface area contributed by atoms with Crippen molar-refractivity contribution in [1.29, 1.82) is 0 Å². The van der Waals surface area contributed by atoms with Crippen molar-refractivity contribution in [2.45, 2.75) is 66.2 Å². The summed E-state index contributed by atoms with van der Waals surface area (Å²) in [7, 11) is 0. The van der Waals surface area contributed by atoms with Crippen LogP contribution >= 0.6 is 0 Å². The van der Waals surface area contributed by atoms with E-state index in [0.29, 0.717) is 5.92 Å². The molecule has 124 valence electrons. The average molecular weight is 309 g/mol. The lowest BCUT2D eigenvalue weighted by Gasteiger charge is -2.28. The van der Waals surface area contributed by atoms with Crippen molar-refractivity contribution >= 4 is 0 Å². The van der Waals surface area contributed by atoms with Crippen LogP contribution in [0.4, 0.5) is 0 Å². The van der Waals surface area contributed by atoms with E-state index in [4.69, 9.17) is 4.98 Å². The molecule has 1 aromatic heterocycles. The van der Waals surface area contributed by atoms with E-state index in [-0.39, 0.29) is 5.41 Å². The standard InChI is InChI=1S/C22H31N/c1-7-22(6,8-2)20-13-14-21(23-17(20)5)19-11-9-18(10-12-19)15-16(3)4/h9-14,16H,7-8,15H2,1-6H3. The highest BCUT2D eigenvalue weighted by molar-refractivity contribution is 5.60. The summed E-state index contributed by atoms with van der Waals surface area (Å²) in [4.78, 5) is 4.90. The molecule has 0 radical (unpaired) electrons. The summed E-state index contributed by atoms with van der Waals surface area (Å²) < 4.78 is 0. The van der Waals surface area contributed by atoms with Crippen LogP contribution in [-0.2, 0) is 11.8 Å². The average Bonchev–Trinajstić information content (AvgIpc) is 2.54. The van der Waals surface area contributed by atoms with Gasteiger partial charge in [-0.15, -0.1) is 0 Å². The third-order valence-electron chi connectivity index (χ3n) is 5.19. The van der Waals surface area contributed by atoms with Gasteiger partial charge in [0.25, 0.3) is 0 Å². The molecule has 1 aromatic carbocycles. The van der Waals surface area contributed by atoms with Crippen molar-refractivity contribution < 1.29 is 0 Å². The Morgan fingerprint density at radius 2 is 1.57 bits per heavy atom. The van der Waals surface area contributed by atoms with E-state index in [1.807, 2.05) is 0 Å².